The van der Waals surface area contributed by atoms with Crippen LogP contribution in [0.15, 0.2) is 30.5 Å². The summed E-state index contributed by atoms with van der Waals surface area (Å²) in [5, 5.41) is 2.35. The maximum atomic E-state index is 5.15. The molecule has 0 saturated heterocycles. The molecule has 0 N–H and O–H groups in total. The number of aromatic nitrogens is 1. The molecule has 2 aromatic rings. The second kappa shape index (κ2) is 3.66. The van der Waals surface area contributed by atoms with E-state index in [9.17, 15) is 0 Å². The van der Waals surface area contributed by atoms with E-state index < -0.39 is 0 Å². The number of fused-ring (bicyclic) bond motifs is 1. The Labute approximate surface area is 83.5 Å². The molecule has 0 aliphatic carbocycles. The fraction of sp³-hybridized carbons (Fsp3) is 0.250. The highest BCUT2D eigenvalue weighted by Crippen LogP contribution is 2.20. The first-order chi connectivity index (χ1) is 6.83. The molecule has 14 heavy (non-hydrogen) atoms. The molecule has 0 bridgehead atoms. The molecular formula is C12H13NO. The zero-order valence-electron chi connectivity index (χ0n) is 8.45. The smallest absolute Gasteiger partial charge is 0.119 e. The monoisotopic (exact) mass is 187 g/mol. The zero-order valence-corrected chi connectivity index (χ0v) is 8.45. The van der Waals surface area contributed by atoms with Gasteiger partial charge in [-0.3, -0.25) is 4.98 Å². The molecule has 1 aromatic heterocycles. The van der Waals surface area contributed by atoms with E-state index in [1.807, 2.05) is 18.3 Å². The zero-order chi connectivity index (χ0) is 9.97. The Morgan fingerprint density at radius 2 is 2.07 bits per heavy atom. The molecule has 72 valence electrons. The number of hydrogen-bond acceptors (Lipinski definition) is 2. The maximum Gasteiger partial charge on any atom is 0.119 e. The Kier molecular flexibility index (Phi) is 2.35. The minimum absolute atomic E-state index is 0.878. The number of methoxy groups -OCH3 is 1. The van der Waals surface area contributed by atoms with Crippen LogP contribution in [0.25, 0.3) is 10.8 Å². The molecule has 0 radical (unpaired) electrons. The third-order valence-corrected chi connectivity index (χ3v) is 2.35. The Bertz CT molecular complexity index is 408. The molecule has 2 heteroatoms. The molecule has 0 aliphatic rings. The minimum atomic E-state index is 0.878. The average Bonchev–Trinajstić information content (AvgIpc) is 2.27. The van der Waals surface area contributed by atoms with Gasteiger partial charge in [-0.1, -0.05) is 13.0 Å². The molecule has 0 saturated carbocycles. The number of nitrogens with zero attached hydrogens (tertiary/aromatic N) is 1. The van der Waals surface area contributed by atoms with Crippen LogP contribution in [-0.4, -0.2) is 12.1 Å². The van der Waals surface area contributed by atoms with Gasteiger partial charge in [-0.2, -0.15) is 0 Å². The number of rotatable bonds is 2. The second-order valence-electron chi connectivity index (χ2n) is 3.24. The Morgan fingerprint density at radius 1 is 1.21 bits per heavy atom. The van der Waals surface area contributed by atoms with Crippen molar-refractivity contribution >= 4 is 10.8 Å². The first-order valence-electron chi connectivity index (χ1n) is 4.76. The van der Waals surface area contributed by atoms with E-state index in [2.05, 4.69) is 24.0 Å². The SMILES string of the molecule is CCc1cc2ccc(OC)cc2cn1. The van der Waals surface area contributed by atoms with E-state index in [0.717, 1.165) is 23.3 Å². The van der Waals surface area contributed by atoms with Crippen LogP contribution in [0.4, 0.5) is 0 Å². The van der Waals surface area contributed by atoms with E-state index in [4.69, 9.17) is 4.74 Å². The summed E-state index contributed by atoms with van der Waals surface area (Å²) in [7, 11) is 1.68. The van der Waals surface area contributed by atoms with E-state index in [1.165, 1.54) is 5.39 Å². The first kappa shape index (κ1) is 9.00. The van der Waals surface area contributed by atoms with Crippen molar-refractivity contribution in [3.8, 4) is 5.75 Å². The standard InChI is InChI=1S/C12H13NO/c1-3-11-6-9-4-5-12(14-2)7-10(9)8-13-11/h4-8H,3H2,1-2H3. The molecule has 2 rings (SSSR count). The number of pyridine rings is 1. The number of aryl methyl sites for hydroxylation is 1. The van der Waals surface area contributed by atoms with E-state index in [1.54, 1.807) is 7.11 Å². The number of benzene rings is 1. The van der Waals surface area contributed by atoms with Gasteiger partial charge in [0.05, 0.1) is 7.11 Å². The predicted molar refractivity (Wildman–Crippen MR) is 57.7 cm³/mol. The molecule has 1 aromatic carbocycles. The highest BCUT2D eigenvalue weighted by atomic mass is 16.5. The van der Waals surface area contributed by atoms with Crippen molar-refractivity contribution in [2.45, 2.75) is 13.3 Å². The van der Waals surface area contributed by atoms with E-state index in [-0.39, 0.29) is 0 Å². The average molecular weight is 187 g/mol. The van der Waals surface area contributed by atoms with Crippen LogP contribution in [-0.2, 0) is 6.42 Å². The normalized spacial score (nSPS) is 10.4. The Morgan fingerprint density at radius 3 is 2.79 bits per heavy atom. The van der Waals surface area contributed by atoms with Crippen LogP contribution < -0.4 is 4.74 Å². The Hall–Kier alpha value is -1.57. The number of ether oxygens (including phenoxy) is 1. The Balaban J connectivity index is 2.57. The van der Waals surface area contributed by atoms with Gasteiger partial charge in [-0.15, -0.1) is 0 Å². The molecule has 1 heterocycles. The lowest BCUT2D eigenvalue weighted by Gasteiger charge is -2.03. The van der Waals surface area contributed by atoms with Gasteiger partial charge in [-0.25, -0.2) is 0 Å². The summed E-state index contributed by atoms with van der Waals surface area (Å²) < 4.78 is 5.15. The topological polar surface area (TPSA) is 22.1 Å². The predicted octanol–water partition coefficient (Wildman–Crippen LogP) is 2.81. The fourth-order valence-electron chi connectivity index (χ4n) is 1.49. The largest absolute Gasteiger partial charge is 0.497 e. The van der Waals surface area contributed by atoms with Crippen LogP contribution in [0.2, 0.25) is 0 Å². The van der Waals surface area contributed by atoms with Crippen molar-refractivity contribution in [3.05, 3.63) is 36.2 Å². The number of hydrogen-bond donors (Lipinski definition) is 0. The molecule has 2 nitrogen and oxygen atoms in total. The fourth-order valence-corrected chi connectivity index (χ4v) is 1.49. The van der Waals surface area contributed by atoms with Gasteiger partial charge in [0.2, 0.25) is 0 Å². The molecule has 0 amide bonds. The third kappa shape index (κ3) is 1.55. The molecule has 0 unspecified atom stereocenters. The first-order valence-corrected chi connectivity index (χ1v) is 4.76. The lowest BCUT2D eigenvalue weighted by molar-refractivity contribution is 0.415. The van der Waals surface area contributed by atoms with Gasteiger partial charge < -0.3 is 4.74 Å². The minimum Gasteiger partial charge on any atom is -0.497 e. The summed E-state index contributed by atoms with van der Waals surface area (Å²) in [6.07, 6.45) is 2.87. The van der Waals surface area contributed by atoms with Gasteiger partial charge in [0.15, 0.2) is 0 Å². The molecule has 0 aliphatic heterocycles. The van der Waals surface area contributed by atoms with Crippen LogP contribution >= 0.6 is 0 Å². The van der Waals surface area contributed by atoms with Crippen LogP contribution in [0.3, 0.4) is 0 Å². The molecule has 0 atom stereocenters. The second-order valence-corrected chi connectivity index (χ2v) is 3.24. The van der Waals surface area contributed by atoms with Gasteiger partial charge in [0.1, 0.15) is 5.75 Å². The van der Waals surface area contributed by atoms with Crippen LogP contribution in [0, 0.1) is 0 Å². The third-order valence-electron chi connectivity index (χ3n) is 2.35. The van der Waals surface area contributed by atoms with Crippen molar-refractivity contribution < 1.29 is 4.74 Å². The van der Waals surface area contributed by atoms with Gasteiger partial charge in [-0.05, 0) is 30.0 Å². The quantitative estimate of drug-likeness (QED) is 0.721. The van der Waals surface area contributed by atoms with Gasteiger partial charge in [0, 0.05) is 17.3 Å². The molecule has 0 fully saturated rings. The van der Waals surface area contributed by atoms with Gasteiger partial charge >= 0.3 is 0 Å². The van der Waals surface area contributed by atoms with Crippen LogP contribution in [0.5, 0.6) is 5.75 Å². The van der Waals surface area contributed by atoms with Crippen molar-refractivity contribution in [1.29, 1.82) is 0 Å². The van der Waals surface area contributed by atoms with E-state index >= 15 is 0 Å². The molecule has 0 spiro atoms. The lowest BCUT2D eigenvalue weighted by Crippen LogP contribution is -1.87. The summed E-state index contributed by atoms with van der Waals surface area (Å²) >= 11 is 0. The van der Waals surface area contributed by atoms with Crippen molar-refractivity contribution in [2.24, 2.45) is 0 Å². The van der Waals surface area contributed by atoms with Crippen molar-refractivity contribution in [1.82, 2.24) is 4.98 Å². The molecular weight excluding hydrogens is 174 g/mol. The lowest BCUT2D eigenvalue weighted by atomic mass is 10.1. The van der Waals surface area contributed by atoms with Crippen LogP contribution in [0.1, 0.15) is 12.6 Å². The van der Waals surface area contributed by atoms with E-state index in [0.29, 0.717) is 0 Å². The van der Waals surface area contributed by atoms with Gasteiger partial charge in [0.25, 0.3) is 0 Å². The van der Waals surface area contributed by atoms with Crippen molar-refractivity contribution in [2.75, 3.05) is 7.11 Å². The maximum absolute atomic E-state index is 5.15. The summed E-state index contributed by atoms with van der Waals surface area (Å²) in [6.45, 7) is 2.11. The summed E-state index contributed by atoms with van der Waals surface area (Å²) in [6, 6.07) is 8.16. The summed E-state index contributed by atoms with van der Waals surface area (Å²) in [5.74, 6) is 0.878. The summed E-state index contributed by atoms with van der Waals surface area (Å²) in [5.41, 5.74) is 1.13. The summed E-state index contributed by atoms with van der Waals surface area (Å²) in [4.78, 5) is 4.35. The highest BCUT2D eigenvalue weighted by Gasteiger charge is 1.98. The van der Waals surface area contributed by atoms with Crippen molar-refractivity contribution in [3.63, 3.8) is 0 Å². The highest BCUT2D eigenvalue weighted by molar-refractivity contribution is 5.83.